The molecule has 106 valence electrons. The Bertz CT molecular complexity index is 703. The zero-order chi connectivity index (χ0) is 14.2. The van der Waals surface area contributed by atoms with Crippen LogP contribution in [0.1, 0.15) is 31.6 Å². The van der Waals surface area contributed by atoms with Gasteiger partial charge in [-0.1, -0.05) is 18.0 Å². The molecule has 0 unspecified atom stereocenters. The molecule has 0 radical (unpaired) electrons. The molecule has 1 fully saturated rings. The van der Waals surface area contributed by atoms with Crippen LogP contribution in [0, 0.1) is 0 Å². The van der Waals surface area contributed by atoms with Crippen LogP contribution in [-0.2, 0) is 14.6 Å². The maximum Gasteiger partial charge on any atom is 0.248 e. The molecule has 0 atom stereocenters. The van der Waals surface area contributed by atoms with Crippen LogP contribution in [0.2, 0.25) is 0 Å². The molecule has 1 saturated carbocycles. The summed E-state index contributed by atoms with van der Waals surface area (Å²) >= 11 is 0. The van der Waals surface area contributed by atoms with Gasteiger partial charge in [0.05, 0.1) is 0 Å². The van der Waals surface area contributed by atoms with Crippen LogP contribution in [0.15, 0.2) is 29.0 Å². The Morgan fingerprint density at radius 3 is 2.45 bits per heavy atom. The lowest BCUT2D eigenvalue weighted by Crippen LogP contribution is -2.32. The third kappa shape index (κ3) is 2.02. The van der Waals surface area contributed by atoms with E-state index in [4.69, 9.17) is 4.52 Å². The summed E-state index contributed by atoms with van der Waals surface area (Å²) in [6, 6.07) is 3.52. The van der Waals surface area contributed by atoms with Gasteiger partial charge in [-0.2, -0.15) is 4.98 Å². The summed E-state index contributed by atoms with van der Waals surface area (Å²) in [7, 11) is -3.29. The molecule has 3 rings (SSSR count). The van der Waals surface area contributed by atoms with Gasteiger partial charge in [0.2, 0.25) is 11.7 Å². The van der Waals surface area contributed by atoms with Gasteiger partial charge in [0.15, 0.2) is 14.6 Å². The Balaban J connectivity index is 2.05. The van der Waals surface area contributed by atoms with Gasteiger partial charge in [-0.3, -0.25) is 4.98 Å². The first-order valence-corrected chi connectivity index (χ1v) is 8.36. The first-order chi connectivity index (χ1) is 9.53. The number of nitrogens with zero attached hydrogens (tertiary/aromatic N) is 3. The van der Waals surface area contributed by atoms with E-state index in [1.807, 2.05) is 0 Å². The first kappa shape index (κ1) is 13.2. The van der Waals surface area contributed by atoms with E-state index >= 15 is 0 Å². The monoisotopic (exact) mass is 293 g/mol. The van der Waals surface area contributed by atoms with Gasteiger partial charge in [0.1, 0.15) is 0 Å². The highest BCUT2D eigenvalue weighted by Crippen LogP contribution is 2.44. The topological polar surface area (TPSA) is 86.0 Å². The second kappa shape index (κ2) is 4.66. The smallest absolute Gasteiger partial charge is 0.248 e. The van der Waals surface area contributed by atoms with Crippen molar-refractivity contribution in [2.75, 3.05) is 6.26 Å². The van der Waals surface area contributed by atoms with E-state index in [0.717, 1.165) is 18.4 Å². The fourth-order valence-corrected chi connectivity index (χ4v) is 4.15. The highest BCUT2D eigenvalue weighted by molar-refractivity contribution is 7.91. The molecule has 0 saturated heterocycles. The lowest BCUT2D eigenvalue weighted by atomic mass is 10.1. The lowest BCUT2D eigenvalue weighted by molar-refractivity contribution is 0.331. The predicted molar refractivity (Wildman–Crippen MR) is 72.5 cm³/mol. The average Bonchev–Trinajstić information content (AvgIpc) is 3.09. The van der Waals surface area contributed by atoms with Crippen LogP contribution >= 0.6 is 0 Å². The maximum atomic E-state index is 12.2. The summed E-state index contributed by atoms with van der Waals surface area (Å²) in [4.78, 5) is 8.24. The van der Waals surface area contributed by atoms with Gasteiger partial charge in [-0.05, 0) is 25.0 Å². The zero-order valence-electron chi connectivity index (χ0n) is 11.1. The summed E-state index contributed by atoms with van der Waals surface area (Å²) in [5, 5.41) is 3.91. The molecule has 2 aromatic heterocycles. The quantitative estimate of drug-likeness (QED) is 0.859. The Morgan fingerprint density at radius 1 is 1.20 bits per heavy atom. The summed E-state index contributed by atoms with van der Waals surface area (Å²) in [6.07, 6.45) is 7.32. The summed E-state index contributed by atoms with van der Waals surface area (Å²) < 4.78 is 28.6. The first-order valence-electron chi connectivity index (χ1n) is 6.47. The van der Waals surface area contributed by atoms with Crippen molar-refractivity contribution in [2.45, 2.75) is 30.4 Å². The standard InChI is InChI=1S/C13H15N3O3S/c1-20(17,18)13(6-2-3-7-13)12-15-11(16-19-12)10-4-8-14-9-5-10/h4-5,8-9H,2-3,6-7H2,1H3. The van der Waals surface area contributed by atoms with Gasteiger partial charge in [-0.25, -0.2) is 8.42 Å². The van der Waals surface area contributed by atoms with Crippen LogP contribution in [-0.4, -0.2) is 29.8 Å². The minimum atomic E-state index is -3.29. The van der Waals surface area contributed by atoms with E-state index in [9.17, 15) is 8.42 Å². The lowest BCUT2D eigenvalue weighted by Gasteiger charge is -2.21. The van der Waals surface area contributed by atoms with E-state index in [1.165, 1.54) is 6.26 Å². The third-order valence-corrected chi connectivity index (χ3v) is 5.88. The van der Waals surface area contributed by atoms with Crippen molar-refractivity contribution >= 4 is 9.84 Å². The molecule has 6 nitrogen and oxygen atoms in total. The average molecular weight is 293 g/mol. The number of hydrogen-bond donors (Lipinski definition) is 0. The van der Waals surface area contributed by atoms with Crippen LogP contribution < -0.4 is 0 Å². The van der Waals surface area contributed by atoms with Gasteiger partial charge < -0.3 is 4.52 Å². The van der Waals surface area contributed by atoms with E-state index in [1.54, 1.807) is 24.5 Å². The molecule has 0 aliphatic heterocycles. The molecule has 0 spiro atoms. The molecular weight excluding hydrogens is 278 g/mol. The highest BCUT2D eigenvalue weighted by Gasteiger charge is 2.49. The summed E-state index contributed by atoms with van der Waals surface area (Å²) in [5.41, 5.74) is 0.761. The minimum Gasteiger partial charge on any atom is -0.337 e. The predicted octanol–water partition coefficient (Wildman–Crippen LogP) is 1.95. The Morgan fingerprint density at radius 2 is 1.85 bits per heavy atom. The van der Waals surface area contributed by atoms with Crippen molar-refractivity contribution in [3.8, 4) is 11.4 Å². The largest absolute Gasteiger partial charge is 0.337 e. The van der Waals surface area contributed by atoms with Crippen molar-refractivity contribution in [3.63, 3.8) is 0 Å². The molecule has 0 aromatic carbocycles. The second-order valence-corrected chi connectivity index (χ2v) is 7.46. The molecule has 0 bridgehead atoms. The molecule has 2 aromatic rings. The third-order valence-electron chi connectivity index (χ3n) is 3.88. The molecule has 7 heteroatoms. The number of sulfone groups is 1. The van der Waals surface area contributed by atoms with E-state index < -0.39 is 14.6 Å². The second-order valence-electron chi connectivity index (χ2n) is 5.13. The molecule has 0 N–H and O–H groups in total. The van der Waals surface area contributed by atoms with Gasteiger partial charge in [0, 0.05) is 24.2 Å². The number of aromatic nitrogens is 3. The molecule has 0 amide bonds. The molecule has 2 heterocycles. The van der Waals surface area contributed by atoms with Crippen molar-refractivity contribution in [2.24, 2.45) is 0 Å². The normalized spacial score (nSPS) is 18.2. The molecular formula is C13H15N3O3S. The number of pyridine rings is 1. The van der Waals surface area contributed by atoms with Gasteiger partial charge in [-0.15, -0.1) is 0 Å². The van der Waals surface area contributed by atoms with E-state index in [0.29, 0.717) is 18.7 Å². The van der Waals surface area contributed by atoms with Gasteiger partial charge >= 0.3 is 0 Å². The van der Waals surface area contributed by atoms with Crippen molar-refractivity contribution in [1.29, 1.82) is 0 Å². The summed E-state index contributed by atoms with van der Waals surface area (Å²) in [6.45, 7) is 0. The maximum absolute atomic E-state index is 12.2. The van der Waals surface area contributed by atoms with Crippen LogP contribution in [0.3, 0.4) is 0 Å². The Hall–Kier alpha value is -1.76. The fraction of sp³-hybridized carbons (Fsp3) is 0.462. The van der Waals surface area contributed by atoms with E-state index in [2.05, 4.69) is 15.1 Å². The van der Waals surface area contributed by atoms with Crippen LogP contribution in [0.4, 0.5) is 0 Å². The van der Waals surface area contributed by atoms with Crippen LogP contribution in [0.25, 0.3) is 11.4 Å². The van der Waals surface area contributed by atoms with Crippen molar-refractivity contribution in [3.05, 3.63) is 30.4 Å². The zero-order valence-corrected chi connectivity index (χ0v) is 11.9. The van der Waals surface area contributed by atoms with E-state index in [-0.39, 0.29) is 5.89 Å². The molecule has 1 aliphatic carbocycles. The van der Waals surface area contributed by atoms with Gasteiger partial charge in [0.25, 0.3) is 0 Å². The minimum absolute atomic E-state index is 0.212. The molecule has 20 heavy (non-hydrogen) atoms. The Kier molecular flexibility index (Phi) is 3.08. The SMILES string of the molecule is CS(=O)(=O)C1(c2nc(-c3ccncc3)no2)CCCC1. The number of hydrogen-bond acceptors (Lipinski definition) is 6. The van der Waals surface area contributed by atoms with Crippen molar-refractivity contribution < 1.29 is 12.9 Å². The Labute approximate surface area is 117 Å². The number of rotatable bonds is 3. The summed E-state index contributed by atoms with van der Waals surface area (Å²) in [5.74, 6) is 0.613. The fourth-order valence-electron chi connectivity index (χ4n) is 2.72. The van der Waals surface area contributed by atoms with Crippen LogP contribution in [0.5, 0.6) is 0 Å². The highest BCUT2D eigenvalue weighted by atomic mass is 32.2. The molecule has 1 aliphatic rings. The van der Waals surface area contributed by atoms with Crippen molar-refractivity contribution in [1.82, 2.24) is 15.1 Å².